The lowest BCUT2D eigenvalue weighted by Gasteiger charge is -2.38. The molecule has 1 fully saturated rings. The third kappa shape index (κ3) is 4.96. The van der Waals surface area contributed by atoms with Gasteiger partial charge in [0.1, 0.15) is 5.60 Å². The van der Waals surface area contributed by atoms with Gasteiger partial charge in [-0.05, 0) is 38.5 Å². The molecule has 1 saturated heterocycles. The van der Waals surface area contributed by atoms with E-state index >= 15 is 0 Å². The quantitative estimate of drug-likeness (QED) is 0.867. The molecule has 7 nitrogen and oxygen atoms in total. The first-order chi connectivity index (χ1) is 12.1. The SMILES string of the molecule is CCN1CC(c2ccc(NC(=O)OC(C)(C)C)cc2)CN(CC)S1(=O)=O. The van der Waals surface area contributed by atoms with Crippen LogP contribution in [0.25, 0.3) is 0 Å². The van der Waals surface area contributed by atoms with E-state index in [1.165, 1.54) is 8.61 Å². The maximum absolute atomic E-state index is 12.4. The maximum atomic E-state index is 12.4. The molecule has 1 amide bonds. The average Bonchev–Trinajstić information content (AvgIpc) is 2.53. The van der Waals surface area contributed by atoms with E-state index in [2.05, 4.69) is 5.32 Å². The van der Waals surface area contributed by atoms with E-state index in [9.17, 15) is 13.2 Å². The summed E-state index contributed by atoms with van der Waals surface area (Å²) in [6, 6.07) is 7.48. The van der Waals surface area contributed by atoms with E-state index in [0.717, 1.165) is 5.56 Å². The number of carbonyl (C=O) groups excluding carboxylic acids is 1. The second kappa shape index (κ2) is 7.94. The first-order valence-electron chi connectivity index (χ1n) is 8.92. The van der Waals surface area contributed by atoms with Crippen LogP contribution in [0.4, 0.5) is 10.5 Å². The number of nitrogens with one attached hydrogen (secondary N) is 1. The molecular weight excluding hydrogens is 354 g/mol. The van der Waals surface area contributed by atoms with Gasteiger partial charge in [-0.25, -0.2) is 4.79 Å². The molecular formula is C18H29N3O4S. The number of hydrogen-bond acceptors (Lipinski definition) is 4. The Morgan fingerprint density at radius 2 is 1.62 bits per heavy atom. The highest BCUT2D eigenvalue weighted by Gasteiger charge is 2.36. The Bertz CT molecular complexity index is 706. The number of hydrogen-bond donors (Lipinski definition) is 1. The topological polar surface area (TPSA) is 79.0 Å². The number of anilines is 1. The van der Waals surface area contributed by atoms with Crippen molar-refractivity contribution in [3.05, 3.63) is 29.8 Å². The minimum absolute atomic E-state index is 0.0917. The van der Waals surface area contributed by atoms with Gasteiger partial charge in [0, 0.05) is 37.8 Å². The standard InChI is InChI=1S/C18H29N3O4S/c1-6-20-12-15(13-21(7-2)26(20,23)24)14-8-10-16(11-9-14)19-17(22)25-18(3,4)5/h8-11,15H,6-7,12-13H2,1-5H3,(H,19,22). The van der Waals surface area contributed by atoms with Crippen molar-refractivity contribution in [1.82, 2.24) is 8.61 Å². The van der Waals surface area contributed by atoms with E-state index in [1.54, 1.807) is 0 Å². The van der Waals surface area contributed by atoms with Crippen molar-refractivity contribution >= 4 is 22.0 Å². The smallest absolute Gasteiger partial charge is 0.412 e. The molecule has 26 heavy (non-hydrogen) atoms. The summed E-state index contributed by atoms with van der Waals surface area (Å²) >= 11 is 0. The van der Waals surface area contributed by atoms with Crippen LogP contribution >= 0.6 is 0 Å². The molecule has 8 heteroatoms. The first-order valence-corrected chi connectivity index (χ1v) is 10.3. The number of nitrogens with zero attached hydrogens (tertiary/aromatic N) is 2. The number of benzene rings is 1. The third-order valence-corrected chi connectivity index (χ3v) is 6.35. The minimum atomic E-state index is -3.35. The van der Waals surface area contributed by atoms with Crippen molar-refractivity contribution < 1.29 is 17.9 Å². The zero-order chi connectivity index (χ0) is 19.5. The summed E-state index contributed by atoms with van der Waals surface area (Å²) in [6.07, 6.45) is -0.497. The molecule has 0 spiro atoms. The average molecular weight is 384 g/mol. The van der Waals surface area contributed by atoms with Crippen molar-refractivity contribution in [3.63, 3.8) is 0 Å². The summed E-state index contributed by atoms with van der Waals surface area (Å²) < 4.78 is 33.1. The van der Waals surface area contributed by atoms with Crippen LogP contribution in [0.1, 0.15) is 46.1 Å². The molecule has 1 N–H and O–H groups in total. The number of likely N-dealkylation sites (N-methyl/N-ethyl adjacent to an activating group) is 2. The first kappa shape index (κ1) is 20.7. The molecule has 1 aromatic rings. The van der Waals surface area contributed by atoms with Gasteiger partial charge in [0.25, 0.3) is 10.2 Å². The van der Waals surface area contributed by atoms with Crippen molar-refractivity contribution in [1.29, 1.82) is 0 Å². The van der Waals surface area contributed by atoms with E-state index in [-0.39, 0.29) is 5.92 Å². The van der Waals surface area contributed by atoms with Crippen LogP contribution in [0.5, 0.6) is 0 Å². The summed E-state index contributed by atoms with van der Waals surface area (Å²) in [5.74, 6) is 0.0917. The molecule has 146 valence electrons. The van der Waals surface area contributed by atoms with Gasteiger partial charge in [-0.15, -0.1) is 0 Å². The summed E-state index contributed by atoms with van der Waals surface area (Å²) in [4.78, 5) is 11.8. The second-order valence-electron chi connectivity index (χ2n) is 7.35. The zero-order valence-corrected chi connectivity index (χ0v) is 17.0. The summed E-state index contributed by atoms with van der Waals surface area (Å²) in [5, 5.41) is 2.70. The Kier molecular flexibility index (Phi) is 6.31. The lowest BCUT2D eigenvalue weighted by atomic mass is 9.98. The second-order valence-corrected chi connectivity index (χ2v) is 9.28. The summed E-state index contributed by atoms with van der Waals surface area (Å²) in [5.41, 5.74) is 1.14. The number of ether oxygens (including phenoxy) is 1. The van der Waals surface area contributed by atoms with Gasteiger partial charge in [0.05, 0.1) is 0 Å². The van der Waals surface area contributed by atoms with E-state index < -0.39 is 21.9 Å². The fourth-order valence-electron chi connectivity index (χ4n) is 2.96. The molecule has 0 aliphatic carbocycles. The predicted octanol–water partition coefficient (Wildman–Crippen LogP) is 3.02. The van der Waals surface area contributed by atoms with Crippen molar-refractivity contribution in [2.75, 3.05) is 31.5 Å². The molecule has 0 saturated carbocycles. The van der Waals surface area contributed by atoms with Crippen LogP contribution in [0.15, 0.2) is 24.3 Å². The molecule has 0 aromatic heterocycles. The van der Waals surface area contributed by atoms with Gasteiger partial charge >= 0.3 is 6.09 Å². The van der Waals surface area contributed by atoms with Crippen LogP contribution in [0.2, 0.25) is 0 Å². The fraction of sp³-hybridized carbons (Fsp3) is 0.611. The molecule has 0 radical (unpaired) electrons. The normalized spacial score (nSPS) is 19.3. The molecule has 1 aromatic carbocycles. The Labute approximate surface area is 156 Å². The molecule has 1 aliphatic heterocycles. The molecule has 0 unspecified atom stereocenters. The van der Waals surface area contributed by atoms with Gasteiger partial charge in [-0.2, -0.15) is 17.0 Å². The Morgan fingerprint density at radius 1 is 1.12 bits per heavy atom. The maximum Gasteiger partial charge on any atom is 0.412 e. The van der Waals surface area contributed by atoms with Crippen LogP contribution in [-0.2, 0) is 14.9 Å². The largest absolute Gasteiger partial charge is 0.444 e. The van der Waals surface area contributed by atoms with E-state index in [4.69, 9.17) is 4.74 Å². The van der Waals surface area contributed by atoms with Crippen LogP contribution in [0.3, 0.4) is 0 Å². The molecule has 0 atom stereocenters. The van der Waals surface area contributed by atoms with Crippen LogP contribution < -0.4 is 5.32 Å². The molecule has 0 bridgehead atoms. The summed E-state index contributed by atoms with van der Waals surface area (Å²) in [7, 11) is -3.35. The highest BCUT2D eigenvalue weighted by Crippen LogP contribution is 2.28. The predicted molar refractivity (Wildman–Crippen MR) is 102 cm³/mol. The Hall–Kier alpha value is -1.64. The fourth-order valence-corrected chi connectivity index (χ4v) is 4.67. The minimum Gasteiger partial charge on any atom is -0.444 e. The molecule has 1 aliphatic rings. The van der Waals surface area contributed by atoms with Gasteiger partial charge in [-0.1, -0.05) is 26.0 Å². The highest BCUT2D eigenvalue weighted by atomic mass is 32.2. The molecule has 2 rings (SSSR count). The van der Waals surface area contributed by atoms with Crippen LogP contribution in [0, 0.1) is 0 Å². The van der Waals surface area contributed by atoms with E-state index in [0.29, 0.717) is 31.9 Å². The monoisotopic (exact) mass is 383 g/mol. The van der Waals surface area contributed by atoms with Gasteiger partial charge in [0.2, 0.25) is 0 Å². The van der Waals surface area contributed by atoms with E-state index in [1.807, 2.05) is 58.9 Å². The van der Waals surface area contributed by atoms with Gasteiger partial charge in [0.15, 0.2) is 0 Å². The lowest BCUT2D eigenvalue weighted by Crippen LogP contribution is -2.52. The zero-order valence-electron chi connectivity index (χ0n) is 16.2. The third-order valence-electron chi connectivity index (χ3n) is 4.23. The highest BCUT2D eigenvalue weighted by molar-refractivity contribution is 7.86. The lowest BCUT2D eigenvalue weighted by molar-refractivity contribution is 0.0636. The molecule has 1 heterocycles. The number of rotatable bonds is 4. The number of amides is 1. The number of carbonyl (C=O) groups is 1. The Balaban J connectivity index is 2.09. The van der Waals surface area contributed by atoms with Crippen molar-refractivity contribution in [2.24, 2.45) is 0 Å². The van der Waals surface area contributed by atoms with Gasteiger partial charge < -0.3 is 4.74 Å². The van der Waals surface area contributed by atoms with Crippen LogP contribution in [-0.4, -0.2) is 54.9 Å². The summed E-state index contributed by atoms with van der Waals surface area (Å²) in [6.45, 7) is 11.0. The van der Waals surface area contributed by atoms with Crippen molar-refractivity contribution in [2.45, 2.75) is 46.1 Å². The van der Waals surface area contributed by atoms with Gasteiger partial charge in [-0.3, -0.25) is 5.32 Å². The van der Waals surface area contributed by atoms with Crippen molar-refractivity contribution in [3.8, 4) is 0 Å². The Morgan fingerprint density at radius 3 is 2.04 bits per heavy atom.